The van der Waals surface area contributed by atoms with E-state index in [2.05, 4.69) is 16.4 Å². The lowest BCUT2D eigenvalue weighted by molar-refractivity contribution is -0.116. The van der Waals surface area contributed by atoms with E-state index in [1.807, 2.05) is 18.3 Å². The van der Waals surface area contributed by atoms with Crippen molar-refractivity contribution in [2.75, 3.05) is 6.54 Å². The predicted octanol–water partition coefficient (Wildman–Crippen LogP) is 1.91. The molecule has 1 aromatic heterocycles. The second-order valence-electron chi connectivity index (χ2n) is 4.27. The smallest absolute Gasteiger partial charge is 0.173 e. The Morgan fingerprint density at radius 3 is 3.18 bits per heavy atom. The van der Waals surface area contributed by atoms with Gasteiger partial charge in [0.2, 0.25) is 0 Å². The fourth-order valence-corrected chi connectivity index (χ4v) is 1.96. The zero-order valence-corrected chi connectivity index (χ0v) is 9.88. The van der Waals surface area contributed by atoms with Gasteiger partial charge in [-0.2, -0.15) is 0 Å². The summed E-state index contributed by atoms with van der Waals surface area (Å²) in [4.78, 5) is 15.7. The van der Waals surface area contributed by atoms with E-state index in [0.717, 1.165) is 32.2 Å². The molecule has 0 bridgehead atoms. The fourth-order valence-electron chi connectivity index (χ4n) is 1.96. The predicted molar refractivity (Wildman–Crippen MR) is 66.7 cm³/mol. The first-order chi connectivity index (χ1) is 8.36. The molecule has 1 fully saturated rings. The van der Waals surface area contributed by atoms with Crippen molar-refractivity contribution in [3.8, 4) is 0 Å². The van der Waals surface area contributed by atoms with Crippen molar-refractivity contribution >= 4 is 5.78 Å². The highest BCUT2D eigenvalue weighted by molar-refractivity contribution is 5.94. The van der Waals surface area contributed by atoms with Crippen molar-refractivity contribution in [1.82, 2.24) is 10.3 Å². The Bertz CT molecular complexity index is 380. The maximum Gasteiger partial charge on any atom is 0.173 e. The summed E-state index contributed by atoms with van der Waals surface area (Å²) in [6.45, 7) is 0.847. The number of ketones is 1. The maximum absolute atomic E-state index is 11.7. The van der Waals surface area contributed by atoms with E-state index in [4.69, 9.17) is 0 Å². The lowest BCUT2D eigenvalue weighted by Gasteiger charge is -2.02. The lowest BCUT2D eigenvalue weighted by atomic mass is 10.1. The molecule has 1 atom stereocenters. The highest BCUT2D eigenvalue weighted by atomic mass is 16.1. The normalized spacial score (nSPS) is 19.9. The number of carbonyl (C=O) groups excluding carboxylic acids is 1. The summed E-state index contributed by atoms with van der Waals surface area (Å²) in [6, 6.07) is 3.92. The number of aromatic nitrogens is 1. The fraction of sp³-hybridized carbons (Fsp3) is 0.429. The molecular formula is C14H17N2O. The third kappa shape index (κ3) is 3.79. The molecular weight excluding hydrogens is 212 g/mol. The molecule has 0 aromatic carbocycles. The van der Waals surface area contributed by atoms with Gasteiger partial charge >= 0.3 is 0 Å². The summed E-state index contributed by atoms with van der Waals surface area (Å²) in [5.41, 5.74) is 1.20. The van der Waals surface area contributed by atoms with Crippen LogP contribution in [0.4, 0.5) is 0 Å². The van der Waals surface area contributed by atoms with Gasteiger partial charge < -0.3 is 0 Å². The van der Waals surface area contributed by atoms with E-state index >= 15 is 0 Å². The van der Waals surface area contributed by atoms with Gasteiger partial charge in [0.25, 0.3) is 0 Å². The topological polar surface area (TPSA) is 44.1 Å². The molecule has 3 heteroatoms. The van der Waals surface area contributed by atoms with E-state index in [-0.39, 0.29) is 11.8 Å². The minimum absolute atomic E-state index is 0.0651. The van der Waals surface area contributed by atoms with Crippen LogP contribution in [-0.4, -0.2) is 23.4 Å². The second-order valence-corrected chi connectivity index (χ2v) is 4.27. The van der Waals surface area contributed by atoms with Gasteiger partial charge in [-0.3, -0.25) is 9.78 Å². The number of rotatable bonds is 5. The minimum Gasteiger partial charge on any atom is -0.293 e. The van der Waals surface area contributed by atoms with Crippen LogP contribution in [-0.2, 0) is 11.2 Å². The summed E-state index contributed by atoms with van der Waals surface area (Å²) in [7, 11) is 0. The Kier molecular flexibility index (Phi) is 4.45. The first kappa shape index (κ1) is 12.0. The largest absolute Gasteiger partial charge is 0.293 e. The number of allylic oxidation sites excluding steroid dienone is 1. The monoisotopic (exact) mass is 229 g/mol. The van der Waals surface area contributed by atoms with Gasteiger partial charge in [-0.05, 0) is 43.4 Å². The molecule has 2 heterocycles. The van der Waals surface area contributed by atoms with Crippen LogP contribution in [0, 0.1) is 0 Å². The second kappa shape index (κ2) is 6.30. The van der Waals surface area contributed by atoms with Crippen LogP contribution in [0.1, 0.15) is 24.8 Å². The number of nitrogens with zero attached hydrogens (tertiary/aromatic N) is 2. The van der Waals surface area contributed by atoms with Crippen molar-refractivity contribution in [1.29, 1.82) is 0 Å². The molecule has 2 rings (SSSR count). The van der Waals surface area contributed by atoms with E-state index in [9.17, 15) is 4.79 Å². The van der Waals surface area contributed by atoms with Crippen molar-refractivity contribution in [3.63, 3.8) is 0 Å². The zero-order valence-electron chi connectivity index (χ0n) is 9.88. The van der Waals surface area contributed by atoms with E-state index in [0.29, 0.717) is 0 Å². The molecule has 0 amide bonds. The van der Waals surface area contributed by atoms with Crippen LogP contribution in [0.3, 0.4) is 0 Å². The van der Waals surface area contributed by atoms with Gasteiger partial charge in [0.05, 0.1) is 6.04 Å². The molecule has 17 heavy (non-hydrogen) atoms. The summed E-state index contributed by atoms with van der Waals surface area (Å²) < 4.78 is 0. The molecule has 0 spiro atoms. The molecule has 89 valence electrons. The molecule has 1 unspecified atom stereocenters. The summed E-state index contributed by atoms with van der Waals surface area (Å²) >= 11 is 0. The quantitative estimate of drug-likeness (QED) is 0.724. The average Bonchev–Trinajstić information content (AvgIpc) is 2.89. The van der Waals surface area contributed by atoms with E-state index < -0.39 is 0 Å². The third-order valence-electron chi connectivity index (χ3n) is 2.92. The summed E-state index contributed by atoms with van der Waals surface area (Å²) in [6.07, 6.45) is 11.1. The molecule has 0 aliphatic carbocycles. The number of hydrogen-bond acceptors (Lipinski definition) is 2. The zero-order chi connectivity index (χ0) is 11.9. The molecule has 0 N–H and O–H groups in total. The van der Waals surface area contributed by atoms with Gasteiger partial charge in [-0.1, -0.05) is 12.1 Å². The Hall–Kier alpha value is -1.48. The van der Waals surface area contributed by atoms with Crippen LogP contribution >= 0.6 is 0 Å². The summed E-state index contributed by atoms with van der Waals surface area (Å²) in [5, 5.41) is 4.26. The van der Waals surface area contributed by atoms with Gasteiger partial charge in [0, 0.05) is 18.9 Å². The molecule has 1 aromatic rings. The lowest BCUT2D eigenvalue weighted by Crippen LogP contribution is -2.23. The molecule has 1 radical (unpaired) electrons. The maximum atomic E-state index is 11.7. The van der Waals surface area contributed by atoms with Gasteiger partial charge in [-0.15, -0.1) is 0 Å². The first-order valence-electron chi connectivity index (χ1n) is 6.12. The standard InChI is InChI=1S/C14H17N2O/c17-14(13-7-4-10-16-13)8-2-1-5-12-6-3-9-15-11-12/h2-3,6,8-9,11,13H,1,4-5,7,10H2. The van der Waals surface area contributed by atoms with Crippen LogP contribution in [0.2, 0.25) is 0 Å². The third-order valence-corrected chi connectivity index (χ3v) is 2.92. The van der Waals surface area contributed by atoms with Crippen LogP contribution in [0.5, 0.6) is 0 Å². The number of pyridine rings is 1. The van der Waals surface area contributed by atoms with Gasteiger partial charge in [-0.25, -0.2) is 5.32 Å². The number of hydrogen-bond donors (Lipinski definition) is 0. The highest BCUT2D eigenvalue weighted by Gasteiger charge is 2.20. The molecule has 3 nitrogen and oxygen atoms in total. The Morgan fingerprint density at radius 1 is 1.53 bits per heavy atom. The van der Waals surface area contributed by atoms with Crippen molar-refractivity contribution in [2.45, 2.75) is 31.7 Å². The Morgan fingerprint density at radius 2 is 2.47 bits per heavy atom. The van der Waals surface area contributed by atoms with Crippen molar-refractivity contribution in [2.24, 2.45) is 0 Å². The molecule has 1 aliphatic rings. The summed E-state index contributed by atoms with van der Waals surface area (Å²) in [5.74, 6) is 0.161. The van der Waals surface area contributed by atoms with Crippen LogP contribution in [0.15, 0.2) is 36.7 Å². The van der Waals surface area contributed by atoms with Gasteiger partial charge in [0.1, 0.15) is 0 Å². The van der Waals surface area contributed by atoms with E-state index in [1.54, 1.807) is 12.3 Å². The van der Waals surface area contributed by atoms with Crippen molar-refractivity contribution < 1.29 is 4.79 Å². The molecule has 1 aliphatic heterocycles. The number of carbonyl (C=O) groups is 1. The van der Waals surface area contributed by atoms with Crippen LogP contribution < -0.4 is 5.32 Å². The molecule has 0 saturated carbocycles. The minimum atomic E-state index is -0.0651. The Labute approximate surface area is 102 Å². The average molecular weight is 229 g/mol. The molecule has 1 saturated heterocycles. The number of aryl methyl sites for hydroxylation is 1. The Balaban J connectivity index is 1.72. The van der Waals surface area contributed by atoms with Crippen molar-refractivity contribution in [3.05, 3.63) is 42.2 Å². The van der Waals surface area contributed by atoms with Crippen LogP contribution in [0.25, 0.3) is 0 Å². The SMILES string of the molecule is O=C(C=CCCc1cccnc1)C1CCC[N]1. The van der Waals surface area contributed by atoms with E-state index in [1.165, 1.54) is 5.56 Å². The first-order valence-corrected chi connectivity index (χ1v) is 6.12. The highest BCUT2D eigenvalue weighted by Crippen LogP contribution is 2.09. The van der Waals surface area contributed by atoms with Gasteiger partial charge in [0.15, 0.2) is 5.78 Å².